The molecule has 0 N–H and O–H groups in total. The Morgan fingerprint density at radius 2 is 1.73 bits per heavy atom. The highest BCUT2D eigenvalue weighted by atomic mass is 15.1. The predicted molar refractivity (Wildman–Crippen MR) is 47.3 cm³/mol. The fraction of sp³-hybridized carbons (Fsp3) is 0.556. The molecule has 0 atom stereocenters. The Morgan fingerprint density at radius 1 is 1.18 bits per heavy atom. The number of hydrogen-bond donors (Lipinski definition) is 0. The van der Waals surface area contributed by atoms with E-state index in [4.69, 9.17) is 0 Å². The van der Waals surface area contributed by atoms with Crippen LogP contribution in [0.2, 0.25) is 0 Å². The van der Waals surface area contributed by atoms with E-state index >= 15 is 0 Å². The van der Waals surface area contributed by atoms with E-state index < -0.39 is 0 Å². The highest BCUT2D eigenvalue weighted by Gasteiger charge is 1.74. The van der Waals surface area contributed by atoms with E-state index in [2.05, 4.69) is 31.0 Å². The van der Waals surface area contributed by atoms with Crippen molar-refractivity contribution in [2.45, 2.75) is 27.7 Å². The monoisotopic (exact) mass is 152 g/mol. The summed E-state index contributed by atoms with van der Waals surface area (Å²) in [5.74, 6) is 0.833. The molecule has 1 aromatic rings. The van der Waals surface area contributed by atoms with Crippen molar-refractivity contribution in [1.82, 2.24) is 10.2 Å². The maximum atomic E-state index is 3.63. The van der Waals surface area contributed by atoms with Crippen molar-refractivity contribution < 1.29 is 0 Å². The van der Waals surface area contributed by atoms with Crippen LogP contribution in [-0.4, -0.2) is 10.2 Å². The first kappa shape index (κ1) is 10.1. The van der Waals surface area contributed by atoms with Gasteiger partial charge in [0.15, 0.2) is 0 Å². The quantitative estimate of drug-likeness (QED) is 0.570. The molecule has 0 aliphatic rings. The summed E-state index contributed by atoms with van der Waals surface area (Å²) >= 11 is 0. The largest absolute Gasteiger partial charge is 0.159 e. The van der Waals surface area contributed by atoms with Crippen molar-refractivity contribution in [2.75, 3.05) is 0 Å². The molecule has 0 unspecified atom stereocenters. The van der Waals surface area contributed by atoms with Crippen LogP contribution in [0.25, 0.3) is 0 Å². The predicted octanol–water partition coefficient (Wildman–Crippen LogP) is 2.45. The molecule has 1 rings (SSSR count). The molecule has 2 heteroatoms. The summed E-state index contributed by atoms with van der Waals surface area (Å²) in [5, 5.41) is 7.23. The fourth-order valence-corrected chi connectivity index (χ4v) is 0.357. The second-order valence-electron chi connectivity index (χ2n) is 3.15. The lowest BCUT2D eigenvalue weighted by atomic mass is 10.3. The third-order valence-corrected chi connectivity index (χ3v) is 0.732. The summed E-state index contributed by atoms with van der Waals surface area (Å²) in [6.07, 6.45) is 3.40. The highest BCUT2D eigenvalue weighted by molar-refractivity contribution is 5.00. The Morgan fingerprint density at radius 3 is 1.91 bits per heavy atom. The maximum Gasteiger partial charge on any atom is 0.0525 e. The zero-order valence-corrected chi connectivity index (χ0v) is 7.70. The van der Waals surface area contributed by atoms with E-state index in [-0.39, 0.29) is 0 Å². The van der Waals surface area contributed by atoms with E-state index in [0.29, 0.717) is 0 Å². The van der Waals surface area contributed by atoms with Crippen molar-refractivity contribution >= 4 is 0 Å². The molecule has 0 aromatic carbocycles. The summed E-state index contributed by atoms with van der Waals surface area (Å²) in [6.45, 7) is 8.48. The average Bonchev–Trinajstić information content (AvgIpc) is 1.87. The van der Waals surface area contributed by atoms with Gasteiger partial charge in [0.2, 0.25) is 0 Å². The second kappa shape index (κ2) is 5.83. The van der Waals surface area contributed by atoms with E-state index in [1.54, 1.807) is 12.4 Å². The van der Waals surface area contributed by atoms with Crippen LogP contribution in [0.5, 0.6) is 0 Å². The Bertz CT molecular complexity index is 167. The maximum absolute atomic E-state index is 3.63. The molecule has 0 aliphatic heterocycles. The Hall–Kier alpha value is -0.920. The van der Waals surface area contributed by atoms with Gasteiger partial charge in [-0.25, -0.2) is 0 Å². The summed E-state index contributed by atoms with van der Waals surface area (Å²) in [5.41, 5.74) is 1.15. The van der Waals surface area contributed by atoms with Crippen LogP contribution in [-0.2, 0) is 0 Å². The first-order valence-electron chi connectivity index (χ1n) is 3.86. The second-order valence-corrected chi connectivity index (χ2v) is 3.15. The smallest absolute Gasteiger partial charge is 0.0525 e. The lowest BCUT2D eigenvalue weighted by Crippen LogP contribution is -1.76. The van der Waals surface area contributed by atoms with Gasteiger partial charge in [-0.2, -0.15) is 10.2 Å². The van der Waals surface area contributed by atoms with Crippen molar-refractivity contribution in [1.29, 1.82) is 0 Å². The Kier molecular flexibility index (Phi) is 5.35. The Labute approximate surface area is 68.7 Å². The van der Waals surface area contributed by atoms with E-state index in [1.165, 1.54) is 0 Å². The van der Waals surface area contributed by atoms with E-state index in [1.807, 2.05) is 13.0 Å². The standard InChI is InChI=1S/C5H6N2.C4H10/c1-5-2-3-6-7-4-5;1-4(2)3/h2-4H,1H3;4H,1-3H3. The van der Waals surface area contributed by atoms with Gasteiger partial charge in [0, 0.05) is 6.20 Å². The molecule has 1 aromatic heterocycles. The van der Waals surface area contributed by atoms with Crippen LogP contribution < -0.4 is 0 Å². The number of aryl methyl sites for hydroxylation is 1. The van der Waals surface area contributed by atoms with Gasteiger partial charge < -0.3 is 0 Å². The first-order chi connectivity index (χ1) is 5.13. The lowest BCUT2D eigenvalue weighted by molar-refractivity contribution is 0.737. The number of rotatable bonds is 0. The van der Waals surface area contributed by atoms with Gasteiger partial charge in [0.1, 0.15) is 0 Å². The zero-order chi connectivity index (χ0) is 8.69. The molecule has 0 fully saturated rings. The summed E-state index contributed by atoms with van der Waals surface area (Å²) in [7, 11) is 0. The summed E-state index contributed by atoms with van der Waals surface area (Å²) in [6, 6.07) is 1.91. The third-order valence-electron chi connectivity index (χ3n) is 0.732. The number of hydrogen-bond acceptors (Lipinski definition) is 2. The molecule has 62 valence electrons. The topological polar surface area (TPSA) is 25.8 Å². The van der Waals surface area contributed by atoms with Gasteiger partial charge in [0.25, 0.3) is 0 Å². The minimum absolute atomic E-state index is 0.833. The molecule has 0 bridgehead atoms. The van der Waals surface area contributed by atoms with Gasteiger partial charge in [-0.05, 0) is 24.5 Å². The van der Waals surface area contributed by atoms with E-state index in [0.717, 1.165) is 11.5 Å². The van der Waals surface area contributed by atoms with Gasteiger partial charge >= 0.3 is 0 Å². The molecule has 0 spiro atoms. The SMILES string of the molecule is CC(C)C.Cc1ccnnc1. The summed E-state index contributed by atoms with van der Waals surface area (Å²) in [4.78, 5) is 0. The normalized spacial score (nSPS) is 8.82. The average molecular weight is 152 g/mol. The number of nitrogens with zero attached hydrogens (tertiary/aromatic N) is 2. The molecule has 0 saturated heterocycles. The van der Waals surface area contributed by atoms with Crippen molar-refractivity contribution in [3.63, 3.8) is 0 Å². The van der Waals surface area contributed by atoms with Crippen LogP contribution in [0.3, 0.4) is 0 Å². The Balaban J connectivity index is 0.000000218. The van der Waals surface area contributed by atoms with Crippen LogP contribution in [0.4, 0.5) is 0 Å². The van der Waals surface area contributed by atoms with Crippen LogP contribution in [0.1, 0.15) is 26.3 Å². The molecular weight excluding hydrogens is 136 g/mol. The van der Waals surface area contributed by atoms with Crippen LogP contribution in [0, 0.1) is 12.8 Å². The number of aromatic nitrogens is 2. The highest BCUT2D eigenvalue weighted by Crippen LogP contribution is 1.85. The zero-order valence-electron chi connectivity index (χ0n) is 7.70. The van der Waals surface area contributed by atoms with Crippen LogP contribution >= 0.6 is 0 Å². The van der Waals surface area contributed by atoms with E-state index in [9.17, 15) is 0 Å². The summed E-state index contributed by atoms with van der Waals surface area (Å²) < 4.78 is 0. The fourth-order valence-electron chi connectivity index (χ4n) is 0.357. The molecule has 2 nitrogen and oxygen atoms in total. The molecule has 11 heavy (non-hydrogen) atoms. The van der Waals surface area contributed by atoms with Gasteiger partial charge in [-0.1, -0.05) is 20.8 Å². The van der Waals surface area contributed by atoms with Crippen molar-refractivity contribution in [3.05, 3.63) is 24.0 Å². The minimum Gasteiger partial charge on any atom is -0.159 e. The molecule has 0 saturated carbocycles. The molecule has 0 amide bonds. The van der Waals surface area contributed by atoms with Gasteiger partial charge in [-0.3, -0.25) is 0 Å². The minimum atomic E-state index is 0.833. The van der Waals surface area contributed by atoms with Gasteiger partial charge in [0.05, 0.1) is 6.20 Å². The van der Waals surface area contributed by atoms with Crippen molar-refractivity contribution in [2.24, 2.45) is 5.92 Å². The first-order valence-corrected chi connectivity index (χ1v) is 3.86. The third kappa shape index (κ3) is 9.08. The molecule has 0 aliphatic carbocycles. The molecule has 0 radical (unpaired) electrons. The lowest BCUT2D eigenvalue weighted by Gasteiger charge is -1.80. The van der Waals surface area contributed by atoms with Crippen molar-refractivity contribution in [3.8, 4) is 0 Å². The molecular formula is C9H16N2. The van der Waals surface area contributed by atoms with Crippen LogP contribution in [0.15, 0.2) is 18.5 Å². The molecule has 1 heterocycles. The van der Waals surface area contributed by atoms with Gasteiger partial charge in [-0.15, -0.1) is 0 Å².